The van der Waals surface area contributed by atoms with Crippen LogP contribution in [0, 0.1) is 0 Å². The van der Waals surface area contributed by atoms with Crippen molar-refractivity contribution in [1.29, 1.82) is 0 Å². The van der Waals surface area contributed by atoms with E-state index in [9.17, 15) is 9.90 Å². The molecule has 0 bridgehead atoms. The monoisotopic (exact) mass is 274 g/mol. The molecule has 0 aliphatic rings. The first-order valence-corrected chi connectivity index (χ1v) is 6.81. The first-order valence-electron chi connectivity index (χ1n) is 6.81. The molecule has 0 atom stereocenters. The Morgan fingerprint density at radius 1 is 1.35 bits per heavy atom. The lowest BCUT2D eigenvalue weighted by molar-refractivity contribution is 0.0698. The Kier molecular flexibility index (Phi) is 3.61. The molecule has 3 N–H and O–H groups in total. The molecule has 0 saturated heterocycles. The number of nitrogens with zero attached hydrogens (tertiary/aromatic N) is 1. The Morgan fingerprint density at radius 3 is 2.50 bits per heavy atom. The van der Waals surface area contributed by atoms with Gasteiger partial charge in [-0.15, -0.1) is 0 Å². The SMILES string of the molecule is Cn1cc(CCN)c2cc(C(C)(C)C)cc(C(=O)O)c21. The third-order valence-corrected chi connectivity index (χ3v) is 3.67. The number of nitrogens with two attached hydrogens (primary N) is 1. The van der Waals surface area contributed by atoms with E-state index in [1.54, 1.807) is 6.07 Å². The molecule has 2 rings (SSSR count). The molecule has 0 aliphatic carbocycles. The van der Waals surface area contributed by atoms with Gasteiger partial charge in [0.1, 0.15) is 0 Å². The number of aryl methyl sites for hydroxylation is 1. The number of rotatable bonds is 3. The summed E-state index contributed by atoms with van der Waals surface area (Å²) in [6.45, 7) is 6.82. The number of benzene rings is 1. The zero-order chi connectivity index (χ0) is 15.1. The summed E-state index contributed by atoms with van der Waals surface area (Å²) >= 11 is 0. The Hall–Kier alpha value is -1.81. The molecular formula is C16H22N2O2. The lowest BCUT2D eigenvalue weighted by Crippen LogP contribution is -2.13. The second kappa shape index (κ2) is 4.94. The lowest BCUT2D eigenvalue weighted by Gasteiger charge is -2.20. The molecular weight excluding hydrogens is 252 g/mol. The highest BCUT2D eigenvalue weighted by Gasteiger charge is 2.21. The normalized spacial score (nSPS) is 12.1. The van der Waals surface area contributed by atoms with E-state index in [1.165, 1.54) is 0 Å². The zero-order valence-corrected chi connectivity index (χ0v) is 12.5. The van der Waals surface area contributed by atoms with Crippen molar-refractivity contribution < 1.29 is 9.90 Å². The van der Waals surface area contributed by atoms with Crippen molar-refractivity contribution >= 4 is 16.9 Å². The number of aromatic nitrogens is 1. The van der Waals surface area contributed by atoms with Crippen LogP contribution in [0.1, 0.15) is 42.3 Å². The average molecular weight is 274 g/mol. The van der Waals surface area contributed by atoms with Gasteiger partial charge in [0.05, 0.1) is 11.1 Å². The number of aromatic carboxylic acids is 1. The molecule has 0 unspecified atom stereocenters. The van der Waals surface area contributed by atoms with Gasteiger partial charge in [0, 0.05) is 18.6 Å². The van der Waals surface area contributed by atoms with Crippen LogP contribution in [0.4, 0.5) is 0 Å². The summed E-state index contributed by atoms with van der Waals surface area (Å²) in [5, 5.41) is 10.5. The van der Waals surface area contributed by atoms with Crippen molar-refractivity contribution in [3.63, 3.8) is 0 Å². The van der Waals surface area contributed by atoms with Crippen LogP contribution in [0.25, 0.3) is 10.9 Å². The van der Waals surface area contributed by atoms with Gasteiger partial charge >= 0.3 is 5.97 Å². The third kappa shape index (κ3) is 2.43. The van der Waals surface area contributed by atoms with Gasteiger partial charge in [-0.25, -0.2) is 4.79 Å². The molecule has 4 nitrogen and oxygen atoms in total. The van der Waals surface area contributed by atoms with Gasteiger partial charge in [-0.1, -0.05) is 20.8 Å². The minimum absolute atomic E-state index is 0.0891. The largest absolute Gasteiger partial charge is 0.478 e. The standard InChI is InChI=1S/C16H22N2O2/c1-16(2,3)11-7-12-10(5-6-17)9-18(4)14(12)13(8-11)15(19)20/h7-9H,5-6,17H2,1-4H3,(H,19,20). The molecule has 1 heterocycles. The number of fused-ring (bicyclic) bond motifs is 1. The summed E-state index contributed by atoms with van der Waals surface area (Å²) < 4.78 is 1.89. The third-order valence-electron chi connectivity index (χ3n) is 3.67. The van der Waals surface area contributed by atoms with Crippen molar-refractivity contribution in [1.82, 2.24) is 4.57 Å². The van der Waals surface area contributed by atoms with Crippen LogP contribution < -0.4 is 5.73 Å². The fraction of sp³-hybridized carbons (Fsp3) is 0.438. The molecule has 0 saturated carbocycles. The number of hydrogen-bond donors (Lipinski definition) is 2. The van der Waals surface area contributed by atoms with E-state index >= 15 is 0 Å². The second-order valence-electron chi connectivity index (χ2n) is 6.28. The van der Waals surface area contributed by atoms with E-state index in [2.05, 4.69) is 26.8 Å². The van der Waals surface area contributed by atoms with Gasteiger partial charge in [-0.2, -0.15) is 0 Å². The van der Waals surface area contributed by atoms with Crippen molar-refractivity contribution in [2.75, 3.05) is 6.54 Å². The lowest BCUT2D eigenvalue weighted by atomic mass is 9.85. The quantitative estimate of drug-likeness (QED) is 0.904. The molecule has 0 amide bonds. The smallest absolute Gasteiger partial charge is 0.337 e. The Balaban J connectivity index is 2.84. The molecule has 0 radical (unpaired) electrons. The maximum atomic E-state index is 11.6. The summed E-state index contributed by atoms with van der Waals surface area (Å²) in [7, 11) is 1.88. The highest BCUT2D eigenvalue weighted by atomic mass is 16.4. The number of hydrogen-bond acceptors (Lipinski definition) is 2. The molecule has 0 aliphatic heterocycles. The van der Waals surface area contributed by atoms with Crippen LogP contribution >= 0.6 is 0 Å². The fourth-order valence-corrected chi connectivity index (χ4v) is 2.58. The van der Waals surface area contributed by atoms with E-state index in [0.29, 0.717) is 12.1 Å². The molecule has 0 spiro atoms. The molecule has 1 aromatic carbocycles. The van der Waals surface area contributed by atoms with Gasteiger partial charge < -0.3 is 15.4 Å². The van der Waals surface area contributed by atoms with Crippen LogP contribution in [-0.2, 0) is 18.9 Å². The van der Waals surface area contributed by atoms with Crippen LogP contribution in [-0.4, -0.2) is 22.2 Å². The van der Waals surface area contributed by atoms with Crippen molar-refractivity contribution in [2.24, 2.45) is 12.8 Å². The summed E-state index contributed by atoms with van der Waals surface area (Å²) in [5.41, 5.74) is 8.84. The topological polar surface area (TPSA) is 68.2 Å². The fourth-order valence-electron chi connectivity index (χ4n) is 2.58. The molecule has 1 aromatic heterocycles. The molecule has 108 valence electrons. The predicted molar refractivity (Wildman–Crippen MR) is 81.3 cm³/mol. The minimum atomic E-state index is -0.887. The Labute approximate surface area is 119 Å². The molecule has 0 fully saturated rings. The van der Waals surface area contributed by atoms with Gasteiger partial charge in [-0.3, -0.25) is 0 Å². The summed E-state index contributed by atoms with van der Waals surface area (Å²) in [5.74, 6) is -0.887. The predicted octanol–water partition coefficient (Wildman–Crippen LogP) is 2.68. The van der Waals surface area contributed by atoms with Crippen LogP contribution in [0.3, 0.4) is 0 Å². The van der Waals surface area contributed by atoms with Crippen molar-refractivity contribution in [3.05, 3.63) is 35.0 Å². The van der Waals surface area contributed by atoms with Crippen LogP contribution in [0.15, 0.2) is 18.3 Å². The molecule has 20 heavy (non-hydrogen) atoms. The van der Waals surface area contributed by atoms with Gasteiger partial charge in [-0.05, 0) is 41.6 Å². The maximum Gasteiger partial charge on any atom is 0.337 e. The maximum absolute atomic E-state index is 11.6. The number of carboxylic acids is 1. The highest BCUT2D eigenvalue weighted by molar-refractivity contribution is 6.04. The van der Waals surface area contributed by atoms with Gasteiger partial charge in [0.2, 0.25) is 0 Å². The molecule has 2 aromatic rings. The van der Waals surface area contributed by atoms with Crippen LogP contribution in [0.2, 0.25) is 0 Å². The second-order valence-corrected chi connectivity index (χ2v) is 6.28. The average Bonchev–Trinajstić information content (AvgIpc) is 2.65. The highest BCUT2D eigenvalue weighted by Crippen LogP contribution is 2.31. The number of carbonyl (C=O) groups is 1. The summed E-state index contributed by atoms with van der Waals surface area (Å²) in [4.78, 5) is 11.6. The van der Waals surface area contributed by atoms with Crippen molar-refractivity contribution in [3.8, 4) is 0 Å². The van der Waals surface area contributed by atoms with Gasteiger partial charge in [0.25, 0.3) is 0 Å². The summed E-state index contributed by atoms with van der Waals surface area (Å²) in [6, 6.07) is 3.89. The van der Waals surface area contributed by atoms with E-state index in [4.69, 9.17) is 5.73 Å². The first-order chi connectivity index (χ1) is 9.25. The zero-order valence-electron chi connectivity index (χ0n) is 12.5. The Bertz CT molecular complexity index is 663. The first kappa shape index (κ1) is 14.6. The van der Waals surface area contributed by atoms with E-state index in [-0.39, 0.29) is 5.41 Å². The van der Waals surface area contributed by atoms with E-state index in [1.807, 2.05) is 17.8 Å². The van der Waals surface area contributed by atoms with Crippen molar-refractivity contribution in [2.45, 2.75) is 32.6 Å². The van der Waals surface area contributed by atoms with Crippen LogP contribution in [0.5, 0.6) is 0 Å². The Morgan fingerprint density at radius 2 is 2.00 bits per heavy atom. The summed E-state index contributed by atoms with van der Waals surface area (Å²) in [6.07, 6.45) is 2.74. The number of carboxylic acid groups (broad SMARTS) is 1. The van der Waals surface area contributed by atoms with E-state index in [0.717, 1.165) is 28.5 Å². The molecule has 4 heteroatoms. The minimum Gasteiger partial charge on any atom is -0.478 e. The van der Waals surface area contributed by atoms with Gasteiger partial charge in [0.15, 0.2) is 0 Å². The van der Waals surface area contributed by atoms with E-state index < -0.39 is 5.97 Å².